The third-order valence-electron chi connectivity index (χ3n) is 12.4. The van der Waals surface area contributed by atoms with Crippen molar-refractivity contribution in [3.63, 3.8) is 0 Å². The maximum Gasteiger partial charge on any atom is 0.123 e. The van der Waals surface area contributed by atoms with Gasteiger partial charge in [-0.05, 0) is 144 Å². The van der Waals surface area contributed by atoms with Crippen LogP contribution in [0.15, 0.2) is 225 Å². The van der Waals surface area contributed by atoms with E-state index in [2.05, 4.69) is 220 Å². The van der Waals surface area contributed by atoms with E-state index < -0.39 is 0 Å². The zero-order chi connectivity index (χ0) is 52.7. The Hall–Kier alpha value is -7.07. The summed E-state index contributed by atoms with van der Waals surface area (Å²) in [5.74, 6) is 3.51. The van der Waals surface area contributed by atoms with E-state index in [-0.39, 0.29) is 5.82 Å². The van der Waals surface area contributed by atoms with Gasteiger partial charge in [0.05, 0.1) is 7.11 Å². The molecule has 9 rings (SSSR count). The van der Waals surface area contributed by atoms with Crippen LogP contribution in [0.5, 0.6) is 5.75 Å². The zero-order valence-electron chi connectivity index (χ0n) is 44.9. The summed E-state index contributed by atoms with van der Waals surface area (Å²) in [5.41, 5.74) is 16.5. The molecule has 0 saturated heterocycles. The zero-order valence-corrected chi connectivity index (χ0v) is 45.6. The first-order valence-corrected chi connectivity index (χ1v) is 26.0. The minimum atomic E-state index is -0.191. The predicted octanol–water partition coefficient (Wildman–Crippen LogP) is 20.9. The lowest BCUT2D eigenvalue weighted by atomic mass is 9.97. The maximum absolute atomic E-state index is 12.8. The fourth-order valence-electron chi connectivity index (χ4n) is 7.77. The number of methoxy groups -OCH3 is 1. The van der Waals surface area contributed by atoms with Gasteiger partial charge in [-0.3, -0.25) is 4.98 Å². The standard InChI is InChI=1S/C16H18O.C15H15F.C15H16.C14H15N.C9H11Cl/c1-12(2)14-5-4-6-15(11-14)13-7-9-16(17-3)10-8-13;1-11(2)13-4-3-5-14(10-13)12-6-8-15(16)9-7-12;1-12(2)14-9-6-10-15(11-14)13-7-4-3-5-8-13;1-11(2)12-5-3-6-13(9-12)14-7-4-8-15-10-14;1-7(2)8-4-3-5-9(10)6-8/h4-12H,1-3H3;3-11H,1-2H3;3-12H,1-2H3;3-11H,1-2H3;3-7H,1-2H3. The second-order valence-corrected chi connectivity index (χ2v) is 20.1. The molecule has 0 unspecified atom stereocenters. The summed E-state index contributed by atoms with van der Waals surface area (Å²) in [6.07, 6.45) is 3.70. The normalized spacial score (nSPS) is 10.6. The molecule has 9 aromatic rings. The van der Waals surface area contributed by atoms with E-state index >= 15 is 0 Å². The second kappa shape index (κ2) is 29.4. The quantitative estimate of drug-likeness (QED) is 0.136. The number of aromatic nitrogens is 1. The molecule has 1 aromatic heterocycles. The summed E-state index contributed by atoms with van der Waals surface area (Å²) in [5, 5.41) is 0.825. The summed E-state index contributed by atoms with van der Waals surface area (Å²) in [7, 11) is 1.69. The number of benzene rings is 8. The molecule has 376 valence electrons. The van der Waals surface area contributed by atoms with Crippen LogP contribution in [0.25, 0.3) is 44.5 Å². The van der Waals surface area contributed by atoms with Crippen molar-refractivity contribution in [2.75, 3.05) is 7.11 Å². The molecule has 0 fully saturated rings. The molecule has 0 radical (unpaired) electrons. The van der Waals surface area contributed by atoms with Gasteiger partial charge in [0, 0.05) is 17.4 Å². The minimum absolute atomic E-state index is 0.191. The highest BCUT2D eigenvalue weighted by Gasteiger charge is 2.06. The molecule has 0 aliphatic rings. The molecule has 2 nitrogen and oxygen atoms in total. The average molecular weight is 989 g/mol. The van der Waals surface area contributed by atoms with Crippen molar-refractivity contribution in [3.05, 3.63) is 263 Å². The van der Waals surface area contributed by atoms with Gasteiger partial charge in [-0.25, -0.2) is 4.39 Å². The summed E-state index contributed by atoms with van der Waals surface area (Å²) >= 11 is 5.79. The molecule has 0 saturated carbocycles. The fraction of sp³-hybridized carbons (Fsp3) is 0.232. The lowest BCUT2D eigenvalue weighted by Crippen LogP contribution is -1.88. The number of ether oxygens (including phenoxy) is 1. The second-order valence-electron chi connectivity index (χ2n) is 19.7. The highest BCUT2D eigenvalue weighted by atomic mass is 35.5. The van der Waals surface area contributed by atoms with Gasteiger partial charge in [0.25, 0.3) is 0 Å². The topological polar surface area (TPSA) is 22.1 Å². The molecule has 0 N–H and O–H groups in total. The summed E-state index contributed by atoms with van der Waals surface area (Å²) in [6.45, 7) is 22.0. The van der Waals surface area contributed by atoms with Gasteiger partial charge in [-0.15, -0.1) is 0 Å². The summed E-state index contributed by atoms with van der Waals surface area (Å²) in [6, 6.07) is 71.9. The Labute approximate surface area is 443 Å². The molecule has 1 heterocycles. The molecule has 0 aliphatic heterocycles. The van der Waals surface area contributed by atoms with Crippen LogP contribution in [0.3, 0.4) is 0 Å². The number of hydrogen-bond donors (Lipinski definition) is 0. The van der Waals surface area contributed by atoms with Crippen LogP contribution in [-0.4, -0.2) is 12.1 Å². The van der Waals surface area contributed by atoms with Gasteiger partial charge in [0.1, 0.15) is 11.6 Å². The van der Waals surface area contributed by atoms with E-state index in [1.807, 2.05) is 60.8 Å². The lowest BCUT2D eigenvalue weighted by molar-refractivity contribution is 0.415. The Kier molecular flexibility index (Phi) is 22.9. The minimum Gasteiger partial charge on any atom is -0.497 e. The molecule has 73 heavy (non-hydrogen) atoms. The Morgan fingerprint density at radius 1 is 0.342 bits per heavy atom. The first-order valence-electron chi connectivity index (χ1n) is 25.6. The van der Waals surface area contributed by atoms with Crippen molar-refractivity contribution in [1.29, 1.82) is 0 Å². The van der Waals surface area contributed by atoms with Crippen molar-refractivity contribution in [3.8, 4) is 50.3 Å². The molecule has 0 aliphatic carbocycles. The first-order chi connectivity index (χ1) is 35.1. The number of nitrogens with zero attached hydrogens (tertiary/aromatic N) is 1. The molecule has 0 atom stereocenters. The van der Waals surface area contributed by atoms with Crippen LogP contribution in [-0.2, 0) is 0 Å². The number of rotatable bonds is 10. The molecule has 8 aromatic carbocycles. The maximum atomic E-state index is 12.8. The molecule has 0 bridgehead atoms. The number of halogens is 2. The number of pyridine rings is 1. The van der Waals surface area contributed by atoms with Gasteiger partial charge in [-0.2, -0.15) is 0 Å². The van der Waals surface area contributed by atoms with E-state index in [0.29, 0.717) is 29.6 Å². The molecular weight excluding hydrogens is 913 g/mol. The van der Waals surface area contributed by atoms with E-state index in [1.54, 1.807) is 13.3 Å². The van der Waals surface area contributed by atoms with Crippen molar-refractivity contribution < 1.29 is 9.13 Å². The van der Waals surface area contributed by atoms with Crippen LogP contribution < -0.4 is 4.74 Å². The summed E-state index contributed by atoms with van der Waals surface area (Å²) < 4.78 is 18.0. The van der Waals surface area contributed by atoms with Crippen LogP contribution in [0.1, 0.15) is 127 Å². The third-order valence-corrected chi connectivity index (χ3v) is 12.7. The van der Waals surface area contributed by atoms with E-state index in [1.165, 1.54) is 73.3 Å². The first kappa shape index (κ1) is 56.8. The van der Waals surface area contributed by atoms with Crippen LogP contribution in [0.4, 0.5) is 4.39 Å². The molecule has 0 amide bonds. The van der Waals surface area contributed by atoms with Crippen LogP contribution >= 0.6 is 11.6 Å². The molecule has 0 spiro atoms. The third kappa shape index (κ3) is 18.8. The lowest BCUT2D eigenvalue weighted by Gasteiger charge is -2.08. The van der Waals surface area contributed by atoms with Gasteiger partial charge in [0.15, 0.2) is 0 Å². The Morgan fingerprint density at radius 2 is 0.671 bits per heavy atom. The SMILES string of the molecule is CC(C)c1cccc(-c2ccc(F)cc2)c1.CC(C)c1cccc(-c2ccccc2)c1.CC(C)c1cccc(-c2cccnc2)c1.CC(C)c1cccc(Cl)c1.COc1ccc(-c2cccc(C(C)C)c2)cc1. The smallest absolute Gasteiger partial charge is 0.123 e. The Morgan fingerprint density at radius 3 is 1.01 bits per heavy atom. The van der Waals surface area contributed by atoms with Gasteiger partial charge in [0.2, 0.25) is 0 Å². The van der Waals surface area contributed by atoms with E-state index in [4.69, 9.17) is 16.3 Å². The average Bonchev–Trinajstić information content (AvgIpc) is 3.42. The highest BCUT2D eigenvalue weighted by molar-refractivity contribution is 6.30. The van der Waals surface area contributed by atoms with Gasteiger partial charge < -0.3 is 4.74 Å². The van der Waals surface area contributed by atoms with Crippen molar-refractivity contribution in [2.45, 2.75) is 98.8 Å². The highest BCUT2D eigenvalue weighted by Crippen LogP contribution is 2.28. The largest absolute Gasteiger partial charge is 0.497 e. The van der Waals surface area contributed by atoms with Gasteiger partial charge >= 0.3 is 0 Å². The Balaban J connectivity index is 0.000000171. The van der Waals surface area contributed by atoms with E-state index in [0.717, 1.165) is 21.9 Å². The van der Waals surface area contributed by atoms with Crippen LogP contribution in [0.2, 0.25) is 5.02 Å². The van der Waals surface area contributed by atoms with E-state index in [9.17, 15) is 4.39 Å². The van der Waals surface area contributed by atoms with Crippen LogP contribution in [0, 0.1) is 5.82 Å². The van der Waals surface area contributed by atoms with Crippen molar-refractivity contribution >= 4 is 11.6 Å². The number of hydrogen-bond acceptors (Lipinski definition) is 2. The fourth-order valence-corrected chi connectivity index (χ4v) is 7.96. The summed E-state index contributed by atoms with van der Waals surface area (Å²) in [4.78, 5) is 4.14. The van der Waals surface area contributed by atoms with Crippen molar-refractivity contribution in [2.24, 2.45) is 0 Å². The van der Waals surface area contributed by atoms with Gasteiger partial charge in [-0.1, -0.05) is 251 Å². The predicted molar refractivity (Wildman–Crippen MR) is 314 cm³/mol. The van der Waals surface area contributed by atoms with Crippen molar-refractivity contribution in [1.82, 2.24) is 4.98 Å². The molecule has 4 heteroatoms. The monoisotopic (exact) mass is 988 g/mol. The Bertz CT molecular complexity index is 2890. The molecular formula is C69H75ClFNO.